The van der Waals surface area contributed by atoms with Gasteiger partial charge >= 0.3 is 6.09 Å². The number of anilines is 2. The summed E-state index contributed by atoms with van der Waals surface area (Å²) in [5.41, 5.74) is 1.24. The molecule has 2 aromatic rings. The number of ether oxygens (including phenoxy) is 1. The van der Waals surface area contributed by atoms with Crippen LogP contribution in [0.4, 0.5) is 16.3 Å². The molecule has 34 heavy (non-hydrogen) atoms. The molecule has 1 aromatic carbocycles. The van der Waals surface area contributed by atoms with Crippen LogP contribution in [-0.2, 0) is 26.0 Å². The summed E-state index contributed by atoms with van der Waals surface area (Å²) in [4.78, 5) is 34.0. The Labute approximate surface area is 200 Å². The van der Waals surface area contributed by atoms with Gasteiger partial charge < -0.3 is 25.2 Å². The minimum atomic E-state index is -3.33. The third-order valence-corrected chi connectivity index (χ3v) is 6.42. The van der Waals surface area contributed by atoms with Crippen LogP contribution in [-0.4, -0.2) is 81.6 Å². The van der Waals surface area contributed by atoms with Crippen molar-refractivity contribution in [3.63, 3.8) is 0 Å². The van der Waals surface area contributed by atoms with Gasteiger partial charge in [-0.3, -0.25) is 4.79 Å². The summed E-state index contributed by atoms with van der Waals surface area (Å²) in [6.45, 7) is 3.68. The largest absolute Gasteiger partial charge is 0.445 e. The van der Waals surface area contributed by atoms with Crippen molar-refractivity contribution >= 4 is 33.3 Å². The molecule has 0 aliphatic carbocycles. The fourth-order valence-electron chi connectivity index (χ4n) is 3.42. The number of hydrogen-bond donors (Lipinski definition) is 2. The van der Waals surface area contributed by atoms with Gasteiger partial charge in [0, 0.05) is 32.4 Å². The maximum Gasteiger partial charge on any atom is 0.408 e. The van der Waals surface area contributed by atoms with Crippen molar-refractivity contribution in [3.8, 4) is 0 Å². The van der Waals surface area contributed by atoms with Crippen molar-refractivity contribution in [2.75, 3.05) is 55.5 Å². The minimum absolute atomic E-state index is 0.0325. The first kappa shape index (κ1) is 25.4. The van der Waals surface area contributed by atoms with Crippen molar-refractivity contribution in [1.82, 2.24) is 15.2 Å². The second kappa shape index (κ2) is 11.8. The molecule has 0 spiro atoms. The van der Waals surface area contributed by atoms with Crippen molar-refractivity contribution in [3.05, 3.63) is 54.2 Å². The van der Waals surface area contributed by atoms with Gasteiger partial charge in [-0.2, -0.15) is 0 Å². The van der Waals surface area contributed by atoms with Gasteiger partial charge in [0.1, 0.15) is 28.3 Å². The second-order valence-corrected chi connectivity index (χ2v) is 10.6. The van der Waals surface area contributed by atoms with Crippen molar-refractivity contribution in [1.29, 1.82) is 0 Å². The molecule has 1 atom stereocenters. The second-order valence-electron chi connectivity index (χ2n) is 8.36. The molecule has 0 saturated carbocycles. The number of rotatable bonds is 9. The third-order valence-electron chi connectivity index (χ3n) is 5.44. The maximum absolute atomic E-state index is 12.8. The first-order chi connectivity index (χ1) is 16.2. The molecule has 1 saturated heterocycles. The summed E-state index contributed by atoms with van der Waals surface area (Å²) in [5, 5.41) is 5.18. The van der Waals surface area contributed by atoms with E-state index in [9.17, 15) is 18.0 Å². The average Bonchev–Trinajstić information content (AvgIpc) is 2.81. The van der Waals surface area contributed by atoms with Crippen molar-refractivity contribution < 1.29 is 22.7 Å². The molecule has 184 valence electrons. The van der Waals surface area contributed by atoms with E-state index in [0.717, 1.165) is 43.8 Å². The Hall–Kier alpha value is -3.18. The van der Waals surface area contributed by atoms with Crippen LogP contribution >= 0.6 is 0 Å². The Morgan fingerprint density at radius 3 is 2.41 bits per heavy atom. The molecule has 1 unspecified atom stereocenters. The van der Waals surface area contributed by atoms with Crippen LogP contribution in [0.15, 0.2) is 48.7 Å². The van der Waals surface area contributed by atoms with Crippen LogP contribution in [0.25, 0.3) is 0 Å². The van der Waals surface area contributed by atoms with Crippen LogP contribution in [0.2, 0.25) is 0 Å². The number of amides is 2. The van der Waals surface area contributed by atoms with Gasteiger partial charge in [-0.15, -0.1) is 0 Å². The van der Waals surface area contributed by atoms with Gasteiger partial charge in [-0.05, 0) is 31.2 Å². The number of aromatic nitrogens is 1. The van der Waals surface area contributed by atoms with E-state index >= 15 is 0 Å². The average molecular weight is 490 g/mol. The minimum Gasteiger partial charge on any atom is -0.445 e. The van der Waals surface area contributed by atoms with Crippen molar-refractivity contribution in [2.45, 2.75) is 19.1 Å². The summed E-state index contributed by atoms with van der Waals surface area (Å²) < 4.78 is 28.4. The quantitative estimate of drug-likeness (QED) is 0.544. The number of benzene rings is 1. The molecular weight excluding hydrogens is 458 g/mol. The molecule has 1 aromatic heterocycles. The van der Waals surface area contributed by atoms with Gasteiger partial charge in [0.15, 0.2) is 0 Å². The third kappa shape index (κ3) is 8.31. The molecule has 2 heterocycles. The Kier molecular flexibility index (Phi) is 8.83. The van der Waals surface area contributed by atoms with Crippen LogP contribution in [0.1, 0.15) is 12.0 Å². The van der Waals surface area contributed by atoms with E-state index in [1.54, 1.807) is 24.4 Å². The van der Waals surface area contributed by atoms with Gasteiger partial charge in [-0.25, -0.2) is 18.2 Å². The summed E-state index contributed by atoms with van der Waals surface area (Å²) in [7, 11) is -1.25. The van der Waals surface area contributed by atoms with E-state index in [-0.39, 0.29) is 18.8 Å². The number of likely N-dealkylation sites (N-methyl/N-ethyl adjacent to an activating group) is 1. The summed E-state index contributed by atoms with van der Waals surface area (Å²) in [6, 6.07) is 11.6. The van der Waals surface area contributed by atoms with Crippen molar-refractivity contribution in [2.24, 2.45) is 0 Å². The highest BCUT2D eigenvalue weighted by molar-refractivity contribution is 7.90. The highest BCUT2D eigenvalue weighted by Gasteiger charge is 2.24. The zero-order valence-corrected chi connectivity index (χ0v) is 20.3. The number of carbonyl (C=O) groups is 2. The first-order valence-electron chi connectivity index (χ1n) is 11.0. The van der Waals surface area contributed by atoms with E-state index in [1.807, 2.05) is 24.3 Å². The Balaban J connectivity index is 1.59. The smallest absolute Gasteiger partial charge is 0.408 e. The number of nitrogens with one attached hydrogen (secondary N) is 2. The highest BCUT2D eigenvalue weighted by Crippen LogP contribution is 2.16. The van der Waals surface area contributed by atoms with Crippen LogP contribution < -0.4 is 15.5 Å². The molecule has 1 aliphatic rings. The molecule has 3 rings (SSSR count). The fraction of sp³-hybridized carbons (Fsp3) is 0.435. The molecule has 0 radical (unpaired) electrons. The van der Waals surface area contributed by atoms with Crippen LogP contribution in [0, 0.1) is 0 Å². The number of pyridine rings is 1. The fourth-order valence-corrected chi connectivity index (χ4v) is 4.08. The Morgan fingerprint density at radius 2 is 1.79 bits per heavy atom. The van der Waals surface area contributed by atoms with E-state index in [4.69, 9.17) is 4.74 Å². The van der Waals surface area contributed by atoms with E-state index in [2.05, 4.69) is 32.5 Å². The van der Waals surface area contributed by atoms with E-state index in [1.165, 1.54) is 0 Å². The monoisotopic (exact) mass is 489 g/mol. The standard InChI is InChI=1S/C23H31N5O5S/c1-27-11-13-28(14-12-27)21-9-8-19(16-24-21)25-22(29)20(10-15-34(2,31)32)26-23(30)33-17-18-6-4-3-5-7-18/h3-9,16,20H,10-15,17H2,1-2H3,(H,25,29)(H,26,30). The van der Waals surface area contributed by atoms with Gasteiger partial charge in [0.25, 0.3) is 0 Å². The van der Waals surface area contributed by atoms with Gasteiger partial charge in [-0.1, -0.05) is 30.3 Å². The zero-order valence-electron chi connectivity index (χ0n) is 19.4. The van der Waals surface area contributed by atoms with E-state index in [0.29, 0.717) is 5.69 Å². The predicted octanol–water partition coefficient (Wildman–Crippen LogP) is 1.50. The highest BCUT2D eigenvalue weighted by atomic mass is 32.2. The summed E-state index contributed by atoms with van der Waals surface area (Å²) in [5.74, 6) is 0.0155. The lowest BCUT2D eigenvalue weighted by Gasteiger charge is -2.33. The van der Waals surface area contributed by atoms with Crippen LogP contribution in [0.3, 0.4) is 0 Å². The number of alkyl carbamates (subject to hydrolysis) is 1. The first-order valence-corrected chi connectivity index (χ1v) is 13.1. The SMILES string of the molecule is CN1CCN(c2ccc(NC(=O)C(CCS(C)(=O)=O)NC(=O)OCc3ccccc3)cn2)CC1. The number of nitrogens with zero attached hydrogens (tertiary/aromatic N) is 3. The lowest BCUT2D eigenvalue weighted by Crippen LogP contribution is -2.45. The molecule has 2 amide bonds. The number of hydrogen-bond acceptors (Lipinski definition) is 8. The Bertz CT molecular complexity index is 1050. The number of carbonyl (C=O) groups excluding carboxylic acids is 2. The normalized spacial score (nSPS) is 15.4. The molecular formula is C23H31N5O5S. The summed E-state index contributed by atoms with van der Waals surface area (Å²) >= 11 is 0. The molecule has 0 bridgehead atoms. The Morgan fingerprint density at radius 1 is 1.09 bits per heavy atom. The van der Waals surface area contributed by atoms with Gasteiger partial charge in [0.05, 0.1) is 17.6 Å². The zero-order chi connectivity index (χ0) is 24.6. The molecule has 2 N–H and O–H groups in total. The molecule has 1 aliphatic heterocycles. The van der Waals surface area contributed by atoms with E-state index < -0.39 is 27.9 Å². The number of piperazine rings is 1. The van der Waals surface area contributed by atoms with Crippen LogP contribution in [0.5, 0.6) is 0 Å². The lowest BCUT2D eigenvalue weighted by molar-refractivity contribution is -0.118. The maximum atomic E-state index is 12.8. The number of sulfone groups is 1. The lowest BCUT2D eigenvalue weighted by atomic mass is 10.2. The van der Waals surface area contributed by atoms with Gasteiger partial charge in [0.2, 0.25) is 5.91 Å². The topological polar surface area (TPSA) is 121 Å². The molecule has 10 nitrogen and oxygen atoms in total. The molecule has 1 fully saturated rings. The predicted molar refractivity (Wildman–Crippen MR) is 130 cm³/mol. The summed E-state index contributed by atoms with van der Waals surface area (Å²) in [6.07, 6.45) is 1.74. The molecule has 11 heteroatoms.